The molecule has 96 valence electrons. The number of rotatable bonds is 5. The van der Waals surface area contributed by atoms with Gasteiger partial charge >= 0.3 is 0 Å². The molecule has 1 aliphatic rings. The Balaban J connectivity index is 0.00000225. The molecule has 4 heteroatoms. The second-order valence-electron chi connectivity index (χ2n) is 4.78. The van der Waals surface area contributed by atoms with E-state index in [1.165, 1.54) is 25.7 Å². The minimum absolute atomic E-state index is 0. The maximum atomic E-state index is 11.8. The van der Waals surface area contributed by atoms with Crippen molar-refractivity contribution >= 4 is 18.3 Å². The lowest BCUT2D eigenvalue weighted by atomic mass is 10.0. The average Bonchev–Trinajstić information content (AvgIpc) is 2.76. The number of nitrogens with two attached hydrogens (primary N) is 1. The molecule has 1 saturated carbocycles. The summed E-state index contributed by atoms with van der Waals surface area (Å²) in [5.74, 6) is 1.05. The molecule has 1 atom stereocenters. The van der Waals surface area contributed by atoms with Crippen LogP contribution in [0.5, 0.6) is 0 Å². The first-order valence-corrected chi connectivity index (χ1v) is 6.11. The van der Waals surface area contributed by atoms with Gasteiger partial charge in [0.1, 0.15) is 0 Å². The number of likely N-dealkylation sites (N-methyl/N-ethyl adjacent to an activating group) is 1. The van der Waals surface area contributed by atoms with Crippen LogP contribution in [0.25, 0.3) is 0 Å². The Hall–Kier alpha value is -0.280. The SMILES string of the molecule is CC(CN)N(C)C(=O)CCC1CCCC1.Cl. The van der Waals surface area contributed by atoms with Gasteiger partial charge in [0.2, 0.25) is 5.91 Å². The highest BCUT2D eigenvalue weighted by Gasteiger charge is 2.19. The van der Waals surface area contributed by atoms with E-state index in [2.05, 4.69) is 0 Å². The molecule has 1 fully saturated rings. The van der Waals surface area contributed by atoms with Gasteiger partial charge < -0.3 is 10.6 Å². The molecule has 1 aliphatic carbocycles. The van der Waals surface area contributed by atoms with Gasteiger partial charge in [0.25, 0.3) is 0 Å². The van der Waals surface area contributed by atoms with Crippen LogP contribution in [0.3, 0.4) is 0 Å². The normalized spacial score (nSPS) is 17.9. The quantitative estimate of drug-likeness (QED) is 0.811. The Labute approximate surface area is 105 Å². The van der Waals surface area contributed by atoms with Crippen molar-refractivity contribution in [2.24, 2.45) is 11.7 Å². The summed E-state index contributed by atoms with van der Waals surface area (Å²) in [6.45, 7) is 2.54. The first kappa shape index (κ1) is 15.7. The van der Waals surface area contributed by atoms with Gasteiger partial charge in [-0.3, -0.25) is 4.79 Å². The van der Waals surface area contributed by atoms with Crippen molar-refractivity contribution in [3.8, 4) is 0 Å². The third-order valence-electron chi connectivity index (χ3n) is 3.64. The third kappa shape index (κ3) is 4.71. The summed E-state index contributed by atoms with van der Waals surface area (Å²) in [4.78, 5) is 13.6. The van der Waals surface area contributed by atoms with Crippen LogP contribution in [0, 0.1) is 5.92 Å². The van der Waals surface area contributed by atoms with Gasteiger partial charge in [-0.25, -0.2) is 0 Å². The largest absolute Gasteiger partial charge is 0.342 e. The summed E-state index contributed by atoms with van der Waals surface area (Å²) in [7, 11) is 1.86. The van der Waals surface area contributed by atoms with Crippen LogP contribution >= 0.6 is 12.4 Å². The van der Waals surface area contributed by atoms with Gasteiger partial charge in [-0.1, -0.05) is 25.7 Å². The predicted octanol–water partition coefficient (Wildman–Crippen LogP) is 2.18. The molecule has 1 rings (SSSR count). The Morgan fingerprint density at radius 3 is 2.50 bits per heavy atom. The minimum Gasteiger partial charge on any atom is -0.342 e. The highest BCUT2D eigenvalue weighted by Crippen LogP contribution is 2.28. The second-order valence-corrected chi connectivity index (χ2v) is 4.78. The Kier molecular flexibility index (Phi) is 7.77. The molecule has 0 heterocycles. The summed E-state index contributed by atoms with van der Waals surface area (Å²) in [5.41, 5.74) is 5.54. The zero-order valence-electron chi connectivity index (χ0n) is 10.4. The highest BCUT2D eigenvalue weighted by atomic mass is 35.5. The Morgan fingerprint density at radius 2 is 2.00 bits per heavy atom. The molecule has 0 aromatic heterocycles. The van der Waals surface area contributed by atoms with Gasteiger partial charge in [-0.05, 0) is 19.3 Å². The molecular formula is C12H25ClN2O. The summed E-state index contributed by atoms with van der Waals surface area (Å²) < 4.78 is 0. The fraction of sp³-hybridized carbons (Fsp3) is 0.917. The molecule has 3 nitrogen and oxygen atoms in total. The summed E-state index contributed by atoms with van der Waals surface area (Å²) >= 11 is 0. The maximum absolute atomic E-state index is 11.8. The summed E-state index contributed by atoms with van der Waals surface area (Å²) in [6.07, 6.45) is 7.13. The van der Waals surface area contributed by atoms with Gasteiger partial charge in [-0.15, -0.1) is 12.4 Å². The Bertz CT molecular complexity index is 205. The number of halogens is 1. The van der Waals surface area contributed by atoms with Gasteiger partial charge in [0.15, 0.2) is 0 Å². The van der Waals surface area contributed by atoms with Crippen molar-refractivity contribution in [3.63, 3.8) is 0 Å². The second kappa shape index (κ2) is 7.91. The zero-order chi connectivity index (χ0) is 11.3. The smallest absolute Gasteiger partial charge is 0.222 e. The Morgan fingerprint density at radius 1 is 1.44 bits per heavy atom. The molecule has 0 spiro atoms. The van der Waals surface area contributed by atoms with E-state index in [0.29, 0.717) is 13.0 Å². The highest BCUT2D eigenvalue weighted by molar-refractivity contribution is 5.85. The fourth-order valence-electron chi connectivity index (χ4n) is 2.21. The van der Waals surface area contributed by atoms with Crippen molar-refractivity contribution in [3.05, 3.63) is 0 Å². The molecule has 2 N–H and O–H groups in total. The molecule has 1 unspecified atom stereocenters. The first-order chi connectivity index (χ1) is 7.15. The number of hydrogen-bond donors (Lipinski definition) is 1. The minimum atomic E-state index is 0. The number of carbonyl (C=O) groups is 1. The van der Waals surface area contributed by atoms with Crippen LogP contribution in [0.15, 0.2) is 0 Å². The van der Waals surface area contributed by atoms with Crippen LogP contribution in [0.4, 0.5) is 0 Å². The number of nitrogens with zero attached hydrogens (tertiary/aromatic N) is 1. The summed E-state index contributed by atoms with van der Waals surface area (Å²) in [6, 6.07) is 0.168. The van der Waals surface area contributed by atoms with Crippen LogP contribution in [0.2, 0.25) is 0 Å². The lowest BCUT2D eigenvalue weighted by Crippen LogP contribution is -2.39. The zero-order valence-corrected chi connectivity index (χ0v) is 11.3. The van der Waals surface area contributed by atoms with Gasteiger partial charge in [0, 0.05) is 26.1 Å². The molecular weight excluding hydrogens is 224 g/mol. The average molecular weight is 249 g/mol. The van der Waals surface area contributed by atoms with E-state index in [-0.39, 0.29) is 24.4 Å². The van der Waals surface area contributed by atoms with E-state index < -0.39 is 0 Å². The van der Waals surface area contributed by atoms with Crippen molar-refractivity contribution in [2.45, 2.75) is 51.5 Å². The van der Waals surface area contributed by atoms with Crippen LogP contribution in [-0.4, -0.2) is 30.4 Å². The van der Waals surface area contributed by atoms with Crippen molar-refractivity contribution in [1.82, 2.24) is 4.90 Å². The molecule has 0 bridgehead atoms. The maximum Gasteiger partial charge on any atom is 0.222 e. The van der Waals surface area contributed by atoms with E-state index in [9.17, 15) is 4.79 Å². The lowest BCUT2D eigenvalue weighted by molar-refractivity contribution is -0.131. The monoisotopic (exact) mass is 248 g/mol. The number of hydrogen-bond acceptors (Lipinski definition) is 2. The number of amides is 1. The number of carbonyl (C=O) groups excluding carboxylic acids is 1. The van der Waals surface area contributed by atoms with Crippen molar-refractivity contribution < 1.29 is 4.79 Å². The molecule has 0 aliphatic heterocycles. The van der Waals surface area contributed by atoms with E-state index >= 15 is 0 Å². The summed E-state index contributed by atoms with van der Waals surface area (Å²) in [5, 5.41) is 0. The van der Waals surface area contributed by atoms with Crippen molar-refractivity contribution in [2.75, 3.05) is 13.6 Å². The predicted molar refractivity (Wildman–Crippen MR) is 69.7 cm³/mol. The van der Waals surface area contributed by atoms with Gasteiger partial charge in [0.05, 0.1) is 0 Å². The van der Waals surface area contributed by atoms with E-state index in [4.69, 9.17) is 5.73 Å². The fourth-order valence-corrected chi connectivity index (χ4v) is 2.21. The van der Waals surface area contributed by atoms with Crippen LogP contribution in [0.1, 0.15) is 45.4 Å². The molecule has 0 saturated heterocycles. The third-order valence-corrected chi connectivity index (χ3v) is 3.64. The molecule has 16 heavy (non-hydrogen) atoms. The van der Waals surface area contributed by atoms with Crippen LogP contribution in [-0.2, 0) is 4.79 Å². The van der Waals surface area contributed by atoms with E-state index in [1.54, 1.807) is 4.90 Å². The molecule has 0 radical (unpaired) electrons. The molecule has 0 aromatic carbocycles. The van der Waals surface area contributed by atoms with E-state index in [1.807, 2.05) is 14.0 Å². The van der Waals surface area contributed by atoms with Crippen LogP contribution < -0.4 is 5.73 Å². The molecule has 1 amide bonds. The topological polar surface area (TPSA) is 46.3 Å². The first-order valence-electron chi connectivity index (χ1n) is 6.11. The standard InChI is InChI=1S/C12H24N2O.ClH/c1-10(9-13)14(2)12(15)8-7-11-5-3-4-6-11;/h10-11H,3-9,13H2,1-2H3;1H. The van der Waals surface area contributed by atoms with Gasteiger partial charge in [-0.2, -0.15) is 0 Å². The lowest BCUT2D eigenvalue weighted by Gasteiger charge is -2.24. The molecule has 0 aromatic rings. The van der Waals surface area contributed by atoms with Crippen molar-refractivity contribution in [1.29, 1.82) is 0 Å². The van der Waals surface area contributed by atoms with E-state index in [0.717, 1.165) is 12.3 Å².